The van der Waals surface area contributed by atoms with Crippen molar-refractivity contribution >= 4 is 12.0 Å². The number of hydrogen-bond acceptors (Lipinski definition) is 2. The molecule has 0 radical (unpaired) electrons. The number of aliphatic hydroxyl groups excluding tert-OH is 1. The second-order valence-corrected chi connectivity index (χ2v) is 4.82. The fraction of sp³-hybridized carbons (Fsp3) is 0.400. The lowest BCUT2D eigenvalue weighted by Crippen LogP contribution is -2.28. The lowest BCUT2D eigenvalue weighted by molar-refractivity contribution is -0.125. The molecule has 18 heavy (non-hydrogen) atoms. The van der Waals surface area contributed by atoms with Gasteiger partial charge in [0.1, 0.15) is 0 Å². The van der Waals surface area contributed by atoms with E-state index in [-0.39, 0.29) is 17.9 Å². The van der Waals surface area contributed by atoms with Gasteiger partial charge in [0.25, 0.3) is 0 Å². The highest BCUT2D eigenvalue weighted by Crippen LogP contribution is 2.19. The summed E-state index contributed by atoms with van der Waals surface area (Å²) >= 11 is 0. The third kappa shape index (κ3) is 3.20. The van der Waals surface area contributed by atoms with Crippen LogP contribution in [-0.2, 0) is 4.79 Å². The van der Waals surface area contributed by atoms with Crippen molar-refractivity contribution in [3.63, 3.8) is 0 Å². The fourth-order valence-corrected chi connectivity index (χ4v) is 2.22. The molecule has 1 amide bonds. The molecule has 1 saturated heterocycles. The maximum atomic E-state index is 11.9. The molecule has 1 aliphatic rings. The van der Waals surface area contributed by atoms with Crippen LogP contribution in [0.15, 0.2) is 36.4 Å². The highest BCUT2D eigenvalue weighted by Gasteiger charge is 2.27. The number of nitrogens with zero attached hydrogens (tertiary/aromatic N) is 1. The lowest BCUT2D eigenvalue weighted by atomic mass is 10.0. The van der Waals surface area contributed by atoms with Crippen molar-refractivity contribution in [2.75, 3.05) is 13.1 Å². The Kier molecular flexibility index (Phi) is 4.15. The van der Waals surface area contributed by atoms with E-state index >= 15 is 0 Å². The number of aliphatic hydroxyl groups is 1. The molecule has 2 unspecified atom stereocenters. The molecule has 96 valence electrons. The lowest BCUT2D eigenvalue weighted by Gasteiger charge is -2.15. The molecule has 1 heterocycles. The van der Waals surface area contributed by atoms with Gasteiger partial charge in [0, 0.05) is 25.1 Å². The van der Waals surface area contributed by atoms with E-state index in [2.05, 4.69) is 0 Å². The van der Waals surface area contributed by atoms with Crippen LogP contribution in [0, 0.1) is 5.92 Å². The Morgan fingerprint density at radius 2 is 2.17 bits per heavy atom. The summed E-state index contributed by atoms with van der Waals surface area (Å²) in [6, 6.07) is 9.78. The van der Waals surface area contributed by atoms with Gasteiger partial charge >= 0.3 is 0 Å². The van der Waals surface area contributed by atoms with Gasteiger partial charge in [0.2, 0.25) is 5.91 Å². The van der Waals surface area contributed by atoms with Crippen LogP contribution in [-0.4, -0.2) is 35.1 Å². The first-order valence-corrected chi connectivity index (χ1v) is 6.37. The van der Waals surface area contributed by atoms with Gasteiger partial charge < -0.3 is 10.0 Å². The van der Waals surface area contributed by atoms with E-state index < -0.39 is 0 Å². The molecule has 2 atom stereocenters. The van der Waals surface area contributed by atoms with Crippen LogP contribution in [0.2, 0.25) is 0 Å². The van der Waals surface area contributed by atoms with Crippen LogP contribution in [0.25, 0.3) is 6.08 Å². The maximum absolute atomic E-state index is 11.9. The Labute approximate surface area is 108 Å². The first kappa shape index (κ1) is 12.8. The topological polar surface area (TPSA) is 40.5 Å². The van der Waals surface area contributed by atoms with Crippen LogP contribution in [0.4, 0.5) is 0 Å². The first-order chi connectivity index (χ1) is 8.66. The quantitative estimate of drug-likeness (QED) is 0.827. The minimum Gasteiger partial charge on any atom is -0.393 e. The first-order valence-electron chi connectivity index (χ1n) is 6.37. The van der Waals surface area contributed by atoms with Gasteiger partial charge in [-0.3, -0.25) is 4.79 Å². The molecule has 1 aromatic carbocycles. The van der Waals surface area contributed by atoms with Crippen molar-refractivity contribution in [1.82, 2.24) is 4.90 Å². The predicted octanol–water partition coefficient (Wildman–Crippen LogP) is 1.93. The van der Waals surface area contributed by atoms with Gasteiger partial charge in [-0.05, 0) is 25.0 Å². The molecular formula is C15H19NO2. The summed E-state index contributed by atoms with van der Waals surface area (Å²) in [6.45, 7) is 3.20. The van der Waals surface area contributed by atoms with Gasteiger partial charge in [-0.2, -0.15) is 0 Å². The highest BCUT2D eigenvalue weighted by molar-refractivity contribution is 5.91. The standard InChI is InChI=1S/C15H19NO2/c1-12(17)14-9-10-16(11-14)15(18)8-7-13-5-3-2-4-6-13/h2-8,12,14,17H,9-11H2,1H3/b8-7+. The normalized spacial score (nSPS) is 21.4. The largest absolute Gasteiger partial charge is 0.393 e. The predicted molar refractivity (Wildman–Crippen MR) is 71.8 cm³/mol. The number of rotatable bonds is 3. The molecular weight excluding hydrogens is 226 g/mol. The SMILES string of the molecule is CC(O)C1CCN(C(=O)/C=C/c2ccccc2)C1. The van der Waals surface area contributed by atoms with Gasteiger partial charge in [-0.15, -0.1) is 0 Å². The molecule has 1 aromatic rings. The van der Waals surface area contributed by atoms with Gasteiger partial charge in [-0.1, -0.05) is 30.3 Å². The summed E-state index contributed by atoms with van der Waals surface area (Å²) in [4.78, 5) is 13.7. The second kappa shape index (κ2) is 5.83. The van der Waals surface area contributed by atoms with Crippen molar-refractivity contribution in [1.29, 1.82) is 0 Å². The van der Waals surface area contributed by atoms with E-state index in [1.54, 1.807) is 17.9 Å². The molecule has 0 spiro atoms. The Hall–Kier alpha value is -1.61. The monoisotopic (exact) mass is 245 g/mol. The van der Waals surface area contributed by atoms with E-state index in [0.29, 0.717) is 6.54 Å². The Morgan fingerprint density at radius 1 is 1.44 bits per heavy atom. The van der Waals surface area contributed by atoms with Gasteiger partial charge in [0.15, 0.2) is 0 Å². The molecule has 0 bridgehead atoms. The zero-order valence-electron chi connectivity index (χ0n) is 10.6. The highest BCUT2D eigenvalue weighted by atomic mass is 16.3. The summed E-state index contributed by atoms with van der Waals surface area (Å²) in [5.41, 5.74) is 1.03. The number of benzene rings is 1. The fourth-order valence-electron chi connectivity index (χ4n) is 2.22. The summed E-state index contributed by atoms with van der Waals surface area (Å²) in [5.74, 6) is 0.251. The number of carbonyl (C=O) groups excluding carboxylic acids is 1. The molecule has 0 aliphatic carbocycles. The molecule has 0 saturated carbocycles. The van der Waals surface area contributed by atoms with E-state index in [9.17, 15) is 9.90 Å². The molecule has 0 aromatic heterocycles. The summed E-state index contributed by atoms with van der Waals surface area (Å²) in [5, 5.41) is 9.50. The molecule has 2 rings (SSSR count). The van der Waals surface area contributed by atoms with Crippen LogP contribution in [0.1, 0.15) is 18.9 Å². The Balaban J connectivity index is 1.91. The van der Waals surface area contributed by atoms with Crippen molar-refractivity contribution in [2.24, 2.45) is 5.92 Å². The van der Waals surface area contributed by atoms with Crippen LogP contribution in [0.3, 0.4) is 0 Å². The van der Waals surface area contributed by atoms with E-state index in [4.69, 9.17) is 0 Å². The minimum atomic E-state index is -0.332. The molecule has 1 fully saturated rings. The molecule has 1 N–H and O–H groups in total. The van der Waals surface area contributed by atoms with Crippen molar-refractivity contribution in [3.8, 4) is 0 Å². The number of amides is 1. The molecule has 3 heteroatoms. The van der Waals surface area contributed by atoms with E-state index in [0.717, 1.165) is 18.5 Å². The summed E-state index contributed by atoms with van der Waals surface area (Å²) in [6.07, 6.45) is 4.00. The molecule has 1 aliphatic heterocycles. The Bertz CT molecular complexity index is 425. The third-order valence-electron chi connectivity index (χ3n) is 3.44. The second-order valence-electron chi connectivity index (χ2n) is 4.82. The van der Waals surface area contributed by atoms with Gasteiger partial charge in [-0.25, -0.2) is 0 Å². The maximum Gasteiger partial charge on any atom is 0.246 e. The van der Waals surface area contributed by atoms with Gasteiger partial charge in [0.05, 0.1) is 6.10 Å². The van der Waals surface area contributed by atoms with Crippen LogP contribution < -0.4 is 0 Å². The summed E-state index contributed by atoms with van der Waals surface area (Å²) < 4.78 is 0. The zero-order chi connectivity index (χ0) is 13.0. The summed E-state index contributed by atoms with van der Waals surface area (Å²) in [7, 11) is 0. The van der Waals surface area contributed by atoms with Crippen molar-refractivity contribution in [3.05, 3.63) is 42.0 Å². The zero-order valence-corrected chi connectivity index (χ0v) is 10.6. The van der Waals surface area contributed by atoms with E-state index in [1.807, 2.05) is 36.4 Å². The van der Waals surface area contributed by atoms with Crippen molar-refractivity contribution in [2.45, 2.75) is 19.4 Å². The van der Waals surface area contributed by atoms with Crippen molar-refractivity contribution < 1.29 is 9.90 Å². The van der Waals surface area contributed by atoms with Crippen LogP contribution >= 0.6 is 0 Å². The smallest absolute Gasteiger partial charge is 0.246 e. The minimum absolute atomic E-state index is 0.0296. The average Bonchev–Trinajstić information content (AvgIpc) is 2.87. The average molecular weight is 245 g/mol. The van der Waals surface area contributed by atoms with E-state index in [1.165, 1.54) is 0 Å². The number of carbonyl (C=O) groups is 1. The third-order valence-corrected chi connectivity index (χ3v) is 3.44. The number of likely N-dealkylation sites (tertiary alicyclic amines) is 1. The number of hydrogen-bond donors (Lipinski definition) is 1. The molecule has 3 nitrogen and oxygen atoms in total. The Morgan fingerprint density at radius 3 is 2.78 bits per heavy atom. The van der Waals surface area contributed by atoms with Crippen LogP contribution in [0.5, 0.6) is 0 Å².